The molecule has 4 N–H and O–H groups in total. The van der Waals surface area contributed by atoms with Gasteiger partial charge in [-0.15, -0.1) is 0 Å². The van der Waals surface area contributed by atoms with Crippen molar-refractivity contribution in [3.05, 3.63) is 23.8 Å². The number of nitrogens with two attached hydrogens (primary N) is 1. The monoisotopic (exact) mass is 263 g/mol. The zero-order chi connectivity index (χ0) is 13.8. The normalized spacial score (nSPS) is 18.6. The lowest BCUT2D eigenvalue weighted by Crippen LogP contribution is -2.24. The number of nitrogen functional groups attached to an aromatic ring is 1. The van der Waals surface area contributed by atoms with Crippen LogP contribution in [0.4, 0.5) is 5.69 Å². The number of benzene rings is 1. The number of hydrogen-bond donors (Lipinski definition) is 3. The summed E-state index contributed by atoms with van der Waals surface area (Å²) in [7, 11) is 1.63. The van der Waals surface area contributed by atoms with Gasteiger partial charge in [0.2, 0.25) is 0 Å². The molecule has 5 heteroatoms. The maximum absolute atomic E-state index is 9.02. The Morgan fingerprint density at radius 1 is 1.58 bits per heavy atom. The number of methoxy groups -OCH3 is 1. The Bertz CT molecular complexity index is 462. The Morgan fingerprint density at radius 2 is 2.37 bits per heavy atom. The summed E-state index contributed by atoms with van der Waals surface area (Å²) in [6.45, 7) is 2.06. The molecule has 1 atom stereocenters. The van der Waals surface area contributed by atoms with E-state index < -0.39 is 0 Å². The van der Waals surface area contributed by atoms with Crippen LogP contribution in [0.1, 0.15) is 18.4 Å². The number of hydrogen-bond acceptors (Lipinski definition) is 4. The van der Waals surface area contributed by atoms with Crippen LogP contribution in [-0.2, 0) is 0 Å². The molecule has 0 aromatic heterocycles. The van der Waals surface area contributed by atoms with Gasteiger partial charge in [-0.25, -0.2) is 0 Å². The molecule has 2 rings (SSSR count). The molecular weight excluding hydrogens is 242 g/mol. The third-order valence-corrected chi connectivity index (χ3v) is 3.66. The number of aliphatic hydroxyl groups is 1. The van der Waals surface area contributed by atoms with Crippen LogP contribution in [-0.4, -0.2) is 37.7 Å². The summed E-state index contributed by atoms with van der Waals surface area (Å²) in [6, 6.07) is 5.58. The number of ether oxygens (including phenoxy) is 1. The van der Waals surface area contributed by atoms with Gasteiger partial charge < -0.3 is 20.5 Å². The lowest BCUT2D eigenvalue weighted by atomic mass is 10.1. The van der Waals surface area contributed by atoms with Crippen LogP contribution in [0.15, 0.2) is 18.2 Å². The molecule has 104 valence electrons. The second-order valence-electron chi connectivity index (χ2n) is 4.91. The van der Waals surface area contributed by atoms with Gasteiger partial charge in [-0.3, -0.25) is 5.41 Å². The first-order chi connectivity index (χ1) is 9.15. The SMILES string of the molecule is COc1ccc(C(=N)N)c(N2CCC(CCO)C2)c1. The van der Waals surface area contributed by atoms with Crippen molar-refractivity contribution in [2.45, 2.75) is 12.8 Å². The molecule has 1 fully saturated rings. The average Bonchev–Trinajstić information content (AvgIpc) is 2.87. The highest BCUT2D eigenvalue weighted by Crippen LogP contribution is 2.31. The fourth-order valence-electron chi connectivity index (χ4n) is 2.60. The van der Waals surface area contributed by atoms with E-state index in [1.807, 2.05) is 18.2 Å². The van der Waals surface area contributed by atoms with E-state index in [-0.39, 0.29) is 12.4 Å². The predicted molar refractivity (Wildman–Crippen MR) is 76.0 cm³/mol. The standard InChI is InChI=1S/C14H21N3O2/c1-19-11-2-3-12(14(15)16)13(8-11)17-6-4-10(9-17)5-7-18/h2-3,8,10,18H,4-7,9H2,1H3,(H3,15,16). The maximum Gasteiger partial charge on any atom is 0.124 e. The van der Waals surface area contributed by atoms with E-state index in [4.69, 9.17) is 21.0 Å². The molecule has 0 spiro atoms. The number of nitrogens with zero attached hydrogens (tertiary/aromatic N) is 1. The van der Waals surface area contributed by atoms with Crippen molar-refractivity contribution in [3.8, 4) is 5.75 Å². The molecule has 1 aromatic carbocycles. The molecule has 19 heavy (non-hydrogen) atoms. The summed E-state index contributed by atoms with van der Waals surface area (Å²) in [5.74, 6) is 1.35. The number of amidine groups is 1. The third kappa shape index (κ3) is 2.98. The summed E-state index contributed by atoms with van der Waals surface area (Å²) in [5, 5.41) is 16.7. The van der Waals surface area contributed by atoms with Crippen molar-refractivity contribution in [3.63, 3.8) is 0 Å². The highest BCUT2D eigenvalue weighted by molar-refractivity contribution is 6.00. The third-order valence-electron chi connectivity index (χ3n) is 3.66. The van der Waals surface area contributed by atoms with Gasteiger partial charge in [0.15, 0.2) is 0 Å². The molecule has 5 nitrogen and oxygen atoms in total. The van der Waals surface area contributed by atoms with Crippen LogP contribution in [0.25, 0.3) is 0 Å². The van der Waals surface area contributed by atoms with E-state index >= 15 is 0 Å². The quantitative estimate of drug-likeness (QED) is 0.550. The first-order valence-corrected chi connectivity index (χ1v) is 6.54. The van der Waals surface area contributed by atoms with E-state index in [9.17, 15) is 0 Å². The van der Waals surface area contributed by atoms with Crippen molar-refractivity contribution in [1.82, 2.24) is 0 Å². The Kier molecular flexibility index (Phi) is 4.27. The van der Waals surface area contributed by atoms with E-state index in [0.29, 0.717) is 5.92 Å². The largest absolute Gasteiger partial charge is 0.497 e. The number of nitrogens with one attached hydrogen (secondary N) is 1. The molecule has 1 aliphatic rings. The minimum absolute atomic E-state index is 0.0725. The molecule has 1 aromatic rings. The predicted octanol–water partition coefficient (Wildman–Crippen LogP) is 1.19. The maximum atomic E-state index is 9.02. The van der Waals surface area contributed by atoms with Crippen LogP contribution in [0.3, 0.4) is 0 Å². The second kappa shape index (κ2) is 5.93. The van der Waals surface area contributed by atoms with Crippen molar-refractivity contribution >= 4 is 11.5 Å². The lowest BCUT2D eigenvalue weighted by Gasteiger charge is -2.22. The summed E-state index contributed by atoms with van der Waals surface area (Å²) in [5.41, 5.74) is 7.34. The van der Waals surface area contributed by atoms with E-state index in [1.54, 1.807) is 7.11 Å². The zero-order valence-corrected chi connectivity index (χ0v) is 11.2. The Hall–Kier alpha value is -1.75. The van der Waals surface area contributed by atoms with Gasteiger partial charge in [0.1, 0.15) is 11.6 Å². The zero-order valence-electron chi connectivity index (χ0n) is 11.2. The molecule has 0 radical (unpaired) electrons. The molecule has 0 amide bonds. The first kappa shape index (κ1) is 13.7. The first-order valence-electron chi connectivity index (χ1n) is 6.54. The minimum atomic E-state index is 0.0725. The van der Waals surface area contributed by atoms with E-state index in [0.717, 1.165) is 42.9 Å². The molecule has 0 saturated carbocycles. The van der Waals surface area contributed by atoms with Crippen molar-refractivity contribution in [1.29, 1.82) is 5.41 Å². The second-order valence-corrected chi connectivity index (χ2v) is 4.91. The van der Waals surface area contributed by atoms with Gasteiger partial charge in [0.25, 0.3) is 0 Å². The summed E-state index contributed by atoms with van der Waals surface area (Å²) < 4.78 is 5.25. The smallest absolute Gasteiger partial charge is 0.124 e. The molecular formula is C14H21N3O2. The Morgan fingerprint density at radius 3 is 3.00 bits per heavy atom. The molecule has 0 bridgehead atoms. The van der Waals surface area contributed by atoms with Crippen LogP contribution in [0, 0.1) is 11.3 Å². The summed E-state index contributed by atoms with van der Waals surface area (Å²) in [6.07, 6.45) is 1.89. The highest BCUT2D eigenvalue weighted by atomic mass is 16.5. The van der Waals surface area contributed by atoms with Crippen molar-refractivity contribution < 1.29 is 9.84 Å². The molecule has 1 unspecified atom stereocenters. The Balaban J connectivity index is 2.25. The lowest BCUT2D eigenvalue weighted by molar-refractivity contribution is 0.263. The van der Waals surface area contributed by atoms with Gasteiger partial charge >= 0.3 is 0 Å². The fourth-order valence-corrected chi connectivity index (χ4v) is 2.60. The van der Waals surface area contributed by atoms with Gasteiger partial charge in [0.05, 0.1) is 12.8 Å². The van der Waals surface area contributed by atoms with Crippen LogP contribution in [0.5, 0.6) is 5.75 Å². The van der Waals surface area contributed by atoms with Gasteiger partial charge in [0, 0.05) is 31.3 Å². The molecule has 0 aliphatic carbocycles. The van der Waals surface area contributed by atoms with Crippen molar-refractivity contribution in [2.24, 2.45) is 11.7 Å². The highest BCUT2D eigenvalue weighted by Gasteiger charge is 2.24. The van der Waals surface area contributed by atoms with Gasteiger partial charge in [-0.1, -0.05) is 0 Å². The van der Waals surface area contributed by atoms with Gasteiger partial charge in [-0.05, 0) is 30.9 Å². The average molecular weight is 263 g/mol. The van der Waals surface area contributed by atoms with Crippen molar-refractivity contribution in [2.75, 3.05) is 31.7 Å². The minimum Gasteiger partial charge on any atom is -0.497 e. The van der Waals surface area contributed by atoms with E-state index in [2.05, 4.69) is 4.90 Å². The molecule has 1 saturated heterocycles. The van der Waals surface area contributed by atoms with Crippen LogP contribution < -0.4 is 15.4 Å². The van der Waals surface area contributed by atoms with Crippen LogP contribution >= 0.6 is 0 Å². The topological polar surface area (TPSA) is 82.6 Å². The summed E-state index contributed by atoms with van der Waals surface area (Å²) in [4.78, 5) is 2.22. The molecule has 1 aliphatic heterocycles. The number of rotatable bonds is 5. The summed E-state index contributed by atoms with van der Waals surface area (Å²) >= 11 is 0. The number of aliphatic hydroxyl groups excluding tert-OH is 1. The van der Waals surface area contributed by atoms with Crippen LogP contribution in [0.2, 0.25) is 0 Å². The Labute approximate surface area is 113 Å². The fraction of sp³-hybridized carbons (Fsp3) is 0.500. The van der Waals surface area contributed by atoms with E-state index in [1.165, 1.54) is 0 Å². The van der Waals surface area contributed by atoms with Gasteiger partial charge in [-0.2, -0.15) is 0 Å². The molecule has 1 heterocycles. The number of anilines is 1.